The van der Waals surface area contributed by atoms with Crippen LogP contribution < -0.4 is 5.32 Å². The van der Waals surface area contributed by atoms with Crippen molar-refractivity contribution in [3.63, 3.8) is 0 Å². The molecule has 1 aromatic carbocycles. The molecule has 0 aliphatic carbocycles. The summed E-state index contributed by atoms with van der Waals surface area (Å²) in [4.78, 5) is 24.7. The zero-order valence-electron chi connectivity index (χ0n) is 18.0. The van der Waals surface area contributed by atoms with Crippen LogP contribution in [0.25, 0.3) is 0 Å². The third kappa shape index (κ3) is 7.70. The van der Waals surface area contributed by atoms with Crippen LogP contribution in [0.3, 0.4) is 0 Å². The molecular formula is C21H30F3N3O4. The molecule has 2 fully saturated rings. The highest BCUT2D eigenvalue weighted by atomic mass is 19.4. The fourth-order valence-electron chi connectivity index (χ4n) is 3.87. The van der Waals surface area contributed by atoms with E-state index in [0.717, 1.165) is 26.2 Å². The molecule has 7 nitrogen and oxygen atoms in total. The average Bonchev–Trinajstić information content (AvgIpc) is 3.08. The van der Waals surface area contributed by atoms with Gasteiger partial charge in [0.2, 0.25) is 0 Å². The number of ether oxygens (including phenoxy) is 1. The number of benzene rings is 1. The molecule has 0 saturated carbocycles. The Hall–Kier alpha value is -2.33. The number of hydrogen-bond donors (Lipinski definition) is 2. The van der Waals surface area contributed by atoms with E-state index in [9.17, 15) is 18.0 Å². The van der Waals surface area contributed by atoms with Crippen LogP contribution in [0, 0.1) is 18.8 Å². The highest BCUT2D eigenvalue weighted by molar-refractivity contribution is 5.73. The number of halogens is 3. The Bertz CT molecular complexity index is 758. The number of aliphatic carboxylic acids is 1. The second kappa shape index (κ2) is 10.8. The molecule has 2 N–H and O–H groups in total. The number of fused-ring (bicyclic) bond motifs is 1. The van der Waals surface area contributed by atoms with E-state index in [0.29, 0.717) is 18.4 Å². The number of rotatable bonds is 4. The van der Waals surface area contributed by atoms with Gasteiger partial charge in [0.1, 0.15) is 0 Å². The molecule has 0 radical (unpaired) electrons. The molecule has 0 unspecified atom stereocenters. The molecule has 3 atom stereocenters. The van der Waals surface area contributed by atoms with E-state index in [4.69, 9.17) is 14.6 Å². The summed E-state index contributed by atoms with van der Waals surface area (Å²) < 4.78 is 37.7. The van der Waals surface area contributed by atoms with Crippen molar-refractivity contribution >= 4 is 12.0 Å². The van der Waals surface area contributed by atoms with E-state index in [1.165, 1.54) is 17.5 Å². The van der Waals surface area contributed by atoms with E-state index in [1.54, 1.807) is 19.0 Å². The Morgan fingerprint density at radius 2 is 2.00 bits per heavy atom. The van der Waals surface area contributed by atoms with E-state index >= 15 is 0 Å². The molecule has 2 aliphatic rings. The fraction of sp³-hybridized carbons (Fsp3) is 0.619. The SMILES string of the molecule is Cc1cccc(CN2CC[C@H]3CO[C@H](CNC(=O)N(C)C)[C@H]3C2)c1.O=C(O)C(F)(F)F. The van der Waals surface area contributed by atoms with Gasteiger partial charge in [-0.3, -0.25) is 4.90 Å². The first-order chi connectivity index (χ1) is 14.5. The van der Waals surface area contributed by atoms with E-state index in [-0.39, 0.29) is 12.1 Å². The van der Waals surface area contributed by atoms with Crippen LogP contribution in [0.4, 0.5) is 18.0 Å². The van der Waals surface area contributed by atoms with Crippen LogP contribution in [-0.4, -0.2) is 79.5 Å². The van der Waals surface area contributed by atoms with Gasteiger partial charge in [-0.1, -0.05) is 29.8 Å². The molecule has 10 heteroatoms. The van der Waals surface area contributed by atoms with Crippen molar-refractivity contribution in [2.45, 2.75) is 32.2 Å². The molecule has 0 aromatic heterocycles. The second-order valence-electron chi connectivity index (χ2n) is 8.19. The first-order valence-corrected chi connectivity index (χ1v) is 10.1. The molecule has 0 spiro atoms. The number of amides is 2. The van der Waals surface area contributed by atoms with Gasteiger partial charge in [0.15, 0.2) is 0 Å². The summed E-state index contributed by atoms with van der Waals surface area (Å²) in [5.74, 6) is -1.60. The van der Waals surface area contributed by atoms with E-state index in [1.807, 2.05) is 0 Å². The van der Waals surface area contributed by atoms with Crippen molar-refractivity contribution in [3.8, 4) is 0 Å². The zero-order valence-corrected chi connectivity index (χ0v) is 18.0. The number of nitrogens with zero attached hydrogens (tertiary/aromatic N) is 2. The lowest BCUT2D eigenvalue weighted by Crippen LogP contribution is -2.46. The number of likely N-dealkylation sites (tertiary alicyclic amines) is 1. The van der Waals surface area contributed by atoms with Crippen molar-refractivity contribution in [2.24, 2.45) is 11.8 Å². The molecule has 2 saturated heterocycles. The number of carbonyl (C=O) groups excluding carboxylic acids is 1. The lowest BCUT2D eigenvalue weighted by Gasteiger charge is -2.36. The van der Waals surface area contributed by atoms with Crippen molar-refractivity contribution in [3.05, 3.63) is 35.4 Å². The highest BCUT2D eigenvalue weighted by Crippen LogP contribution is 2.34. The second-order valence-corrected chi connectivity index (χ2v) is 8.19. The number of carbonyl (C=O) groups is 2. The smallest absolute Gasteiger partial charge is 0.475 e. The van der Waals surface area contributed by atoms with Gasteiger partial charge in [-0.2, -0.15) is 13.2 Å². The summed E-state index contributed by atoms with van der Waals surface area (Å²) in [6.07, 6.45) is -3.76. The maximum absolute atomic E-state index is 11.7. The van der Waals surface area contributed by atoms with Crippen LogP contribution >= 0.6 is 0 Å². The predicted octanol–water partition coefficient (Wildman–Crippen LogP) is 2.74. The molecule has 31 heavy (non-hydrogen) atoms. The number of carboxylic acid groups (broad SMARTS) is 1. The number of carboxylic acids is 1. The fourth-order valence-corrected chi connectivity index (χ4v) is 3.87. The van der Waals surface area contributed by atoms with Gasteiger partial charge in [-0.25, -0.2) is 9.59 Å². The summed E-state index contributed by atoms with van der Waals surface area (Å²) >= 11 is 0. The van der Waals surface area contributed by atoms with Gasteiger partial charge < -0.3 is 20.1 Å². The van der Waals surface area contributed by atoms with Gasteiger partial charge in [0, 0.05) is 39.6 Å². The normalized spacial score (nSPS) is 23.4. The topological polar surface area (TPSA) is 82.1 Å². The molecular weight excluding hydrogens is 415 g/mol. The van der Waals surface area contributed by atoms with E-state index < -0.39 is 12.1 Å². The Morgan fingerprint density at radius 3 is 2.58 bits per heavy atom. The quantitative estimate of drug-likeness (QED) is 0.745. The molecule has 0 bridgehead atoms. The lowest BCUT2D eigenvalue weighted by molar-refractivity contribution is -0.192. The number of alkyl halides is 3. The van der Waals surface area contributed by atoms with Gasteiger partial charge in [0.05, 0.1) is 12.7 Å². The van der Waals surface area contributed by atoms with Gasteiger partial charge in [0.25, 0.3) is 0 Å². The number of urea groups is 1. The minimum absolute atomic E-state index is 0.0468. The van der Waals surface area contributed by atoms with Crippen molar-refractivity contribution in [2.75, 3.05) is 40.3 Å². The summed E-state index contributed by atoms with van der Waals surface area (Å²) in [7, 11) is 3.52. The number of aryl methyl sites for hydroxylation is 1. The largest absolute Gasteiger partial charge is 0.490 e. The Morgan fingerprint density at radius 1 is 1.32 bits per heavy atom. The van der Waals surface area contributed by atoms with Gasteiger partial charge >= 0.3 is 18.2 Å². The summed E-state index contributed by atoms with van der Waals surface area (Å²) in [5, 5.41) is 10.1. The van der Waals surface area contributed by atoms with Crippen LogP contribution in [0.15, 0.2) is 24.3 Å². The zero-order chi connectivity index (χ0) is 23.2. The molecule has 2 heterocycles. The Labute approximate surface area is 180 Å². The van der Waals surface area contributed by atoms with Gasteiger partial charge in [-0.15, -0.1) is 0 Å². The summed E-state index contributed by atoms with van der Waals surface area (Å²) in [6, 6.07) is 8.71. The number of hydrogen-bond acceptors (Lipinski definition) is 4. The Balaban J connectivity index is 0.000000423. The molecule has 3 rings (SSSR count). The maximum Gasteiger partial charge on any atom is 0.490 e. The van der Waals surface area contributed by atoms with Gasteiger partial charge in [-0.05, 0) is 31.4 Å². The maximum atomic E-state index is 11.7. The Kier molecular flexibility index (Phi) is 8.69. The molecule has 174 valence electrons. The third-order valence-electron chi connectivity index (χ3n) is 5.48. The van der Waals surface area contributed by atoms with Crippen LogP contribution in [0.1, 0.15) is 17.5 Å². The van der Waals surface area contributed by atoms with Crippen LogP contribution in [-0.2, 0) is 16.1 Å². The molecule has 1 aromatic rings. The highest BCUT2D eigenvalue weighted by Gasteiger charge is 2.41. The van der Waals surface area contributed by atoms with Crippen LogP contribution in [0.5, 0.6) is 0 Å². The minimum atomic E-state index is -5.08. The predicted molar refractivity (Wildman–Crippen MR) is 109 cm³/mol. The lowest BCUT2D eigenvalue weighted by atomic mass is 9.84. The monoisotopic (exact) mass is 445 g/mol. The summed E-state index contributed by atoms with van der Waals surface area (Å²) in [5.41, 5.74) is 2.70. The standard InChI is InChI=1S/C19H29N3O2.C2HF3O2/c1-14-5-4-6-15(9-14)11-22-8-7-16-13-24-18(17(16)12-22)10-20-19(23)21(2)3;3-2(4,5)1(6)7/h4-6,9,16-18H,7-8,10-13H2,1-3H3,(H,20,23);(H,6,7)/t16-,17-,18+;/m0./s1. The van der Waals surface area contributed by atoms with Crippen molar-refractivity contribution < 1.29 is 32.6 Å². The number of piperidine rings is 1. The number of nitrogens with one attached hydrogen (secondary N) is 1. The van der Waals surface area contributed by atoms with Crippen LogP contribution in [0.2, 0.25) is 0 Å². The van der Waals surface area contributed by atoms with E-state index in [2.05, 4.69) is 41.4 Å². The minimum Gasteiger partial charge on any atom is -0.475 e. The molecule has 2 amide bonds. The molecule has 2 aliphatic heterocycles. The third-order valence-corrected chi connectivity index (χ3v) is 5.48. The first-order valence-electron chi connectivity index (χ1n) is 10.1. The first kappa shape index (κ1) is 24.9. The summed E-state index contributed by atoms with van der Waals surface area (Å²) in [6.45, 7) is 6.78. The average molecular weight is 445 g/mol. The van der Waals surface area contributed by atoms with Crippen molar-refractivity contribution in [1.29, 1.82) is 0 Å². The van der Waals surface area contributed by atoms with Crippen molar-refractivity contribution in [1.82, 2.24) is 15.1 Å².